The summed E-state index contributed by atoms with van der Waals surface area (Å²) < 4.78 is 6.95. The summed E-state index contributed by atoms with van der Waals surface area (Å²) in [6.45, 7) is 16.1. The molecule has 188 valence electrons. The van der Waals surface area contributed by atoms with Gasteiger partial charge in [-0.1, -0.05) is 38.1 Å². The first-order valence-corrected chi connectivity index (χ1v) is 13.8. The zero-order chi connectivity index (χ0) is 25.9. The van der Waals surface area contributed by atoms with Gasteiger partial charge in [-0.15, -0.1) is 0 Å². The van der Waals surface area contributed by atoms with E-state index in [1.165, 1.54) is 60.1 Å². The lowest BCUT2D eigenvalue weighted by Crippen LogP contribution is -2.90. The highest BCUT2D eigenvalue weighted by Crippen LogP contribution is 2.47. The van der Waals surface area contributed by atoms with Crippen LogP contribution in [0.5, 0.6) is 11.5 Å². The molecule has 0 saturated heterocycles. The lowest BCUT2D eigenvalue weighted by Gasteiger charge is -2.38. The van der Waals surface area contributed by atoms with E-state index in [2.05, 4.69) is 107 Å². The van der Waals surface area contributed by atoms with E-state index in [0.717, 1.165) is 24.3 Å². The Kier molecular flexibility index (Phi) is 4.55. The summed E-state index contributed by atoms with van der Waals surface area (Å²) in [7, 11) is 0. The van der Waals surface area contributed by atoms with Gasteiger partial charge in [0.1, 0.15) is 11.5 Å². The number of rotatable bonds is 0. The van der Waals surface area contributed by atoms with Crippen LogP contribution in [0.1, 0.15) is 89.8 Å². The lowest BCUT2D eigenvalue weighted by molar-refractivity contribution is -0.588. The van der Waals surface area contributed by atoms with Crippen LogP contribution >= 0.6 is 0 Å². The molecule has 4 aromatic carbocycles. The molecule has 0 amide bonds. The van der Waals surface area contributed by atoms with Crippen molar-refractivity contribution in [3.8, 4) is 11.5 Å². The van der Waals surface area contributed by atoms with Crippen LogP contribution in [0.2, 0.25) is 0 Å². The SMILES string of the molecule is CC1=c2ccc3c4c(ccc3c2Oc2c1ccc1c3c(ccc21)NC(C)(C)CC3C)=[NH+]C(C)(C)CC4C. The minimum atomic E-state index is 0.105. The minimum absolute atomic E-state index is 0.105. The van der Waals surface area contributed by atoms with Crippen LogP contribution in [0.4, 0.5) is 5.69 Å². The van der Waals surface area contributed by atoms with Gasteiger partial charge in [0.15, 0.2) is 5.54 Å². The predicted octanol–water partition coefficient (Wildman–Crippen LogP) is 6.00. The molecule has 0 spiro atoms. The van der Waals surface area contributed by atoms with Crippen molar-refractivity contribution in [2.75, 3.05) is 5.32 Å². The smallest absolute Gasteiger partial charge is 0.202 e. The summed E-state index contributed by atoms with van der Waals surface area (Å²) >= 11 is 0. The standard InChI is InChI=1S/C34H36N2O/c1-18-16-33(4,5)35-27-14-12-25-23(29(18)27)10-8-21-20(3)22-9-11-24-26(32(22)37-31(21)25)13-15-28-30(24)19(2)17-34(6,7)36-28/h8-15,18-19,35H,16-17H2,1-7H3/p+1. The zero-order valence-corrected chi connectivity index (χ0v) is 23.1. The Morgan fingerprint density at radius 1 is 0.757 bits per heavy atom. The molecule has 0 aliphatic carbocycles. The van der Waals surface area contributed by atoms with Crippen molar-refractivity contribution in [3.63, 3.8) is 0 Å². The average molecular weight is 490 g/mol. The topological polar surface area (TPSA) is 35.2 Å². The first kappa shape index (κ1) is 22.8. The molecule has 3 heteroatoms. The molecule has 0 radical (unpaired) electrons. The molecular weight excluding hydrogens is 452 g/mol. The summed E-state index contributed by atoms with van der Waals surface area (Å²) in [6, 6.07) is 18.2. The van der Waals surface area contributed by atoms with E-state index in [1.807, 2.05) is 0 Å². The second-order valence-electron chi connectivity index (χ2n) is 13.1. The van der Waals surface area contributed by atoms with Crippen molar-refractivity contribution in [3.05, 3.63) is 75.8 Å². The summed E-state index contributed by atoms with van der Waals surface area (Å²) in [5, 5.41) is 11.3. The lowest BCUT2D eigenvalue weighted by atomic mass is 9.79. The number of hydrogen-bond donors (Lipinski definition) is 2. The van der Waals surface area contributed by atoms with E-state index in [-0.39, 0.29) is 11.1 Å². The van der Waals surface area contributed by atoms with Crippen LogP contribution in [-0.4, -0.2) is 11.1 Å². The molecule has 0 aromatic heterocycles. The molecule has 3 heterocycles. The molecule has 2 N–H and O–H groups in total. The maximum atomic E-state index is 6.95. The fourth-order valence-electron chi connectivity index (χ4n) is 7.71. The number of fused-ring (bicyclic) bond motifs is 10. The van der Waals surface area contributed by atoms with Gasteiger partial charge < -0.3 is 10.1 Å². The van der Waals surface area contributed by atoms with E-state index < -0.39 is 0 Å². The second kappa shape index (κ2) is 7.37. The molecule has 3 nitrogen and oxygen atoms in total. The first-order chi connectivity index (χ1) is 17.5. The summed E-state index contributed by atoms with van der Waals surface area (Å²) in [5.74, 6) is 2.97. The Morgan fingerprint density at radius 2 is 1.41 bits per heavy atom. The van der Waals surface area contributed by atoms with Gasteiger partial charge in [0.05, 0.1) is 0 Å². The number of ether oxygens (including phenoxy) is 1. The van der Waals surface area contributed by atoms with E-state index in [1.54, 1.807) is 0 Å². The fraction of sp³-hybridized carbons (Fsp3) is 0.382. The monoisotopic (exact) mass is 489 g/mol. The van der Waals surface area contributed by atoms with Gasteiger partial charge in [-0.05, 0) is 93.0 Å². The molecule has 0 saturated carbocycles. The average Bonchev–Trinajstić information content (AvgIpc) is 2.81. The maximum Gasteiger partial charge on any atom is 0.202 e. The summed E-state index contributed by atoms with van der Waals surface area (Å²) in [5.41, 5.74) is 6.79. The Morgan fingerprint density at radius 3 is 2.22 bits per heavy atom. The van der Waals surface area contributed by atoms with E-state index in [0.29, 0.717) is 11.8 Å². The molecule has 0 bridgehead atoms. The molecule has 3 aliphatic heterocycles. The van der Waals surface area contributed by atoms with Crippen LogP contribution < -0.4 is 25.6 Å². The largest absolute Gasteiger partial charge is 0.455 e. The third-order valence-corrected chi connectivity index (χ3v) is 8.96. The first-order valence-electron chi connectivity index (χ1n) is 13.8. The third kappa shape index (κ3) is 3.29. The van der Waals surface area contributed by atoms with Gasteiger partial charge in [0.25, 0.3) is 0 Å². The Balaban J connectivity index is 1.48. The maximum absolute atomic E-state index is 6.95. The highest BCUT2D eigenvalue weighted by molar-refractivity contribution is 6.01. The van der Waals surface area contributed by atoms with Crippen molar-refractivity contribution in [1.82, 2.24) is 0 Å². The quantitative estimate of drug-likeness (QED) is 0.318. The van der Waals surface area contributed by atoms with Crippen LogP contribution in [0.3, 0.4) is 0 Å². The molecule has 4 aromatic rings. The van der Waals surface area contributed by atoms with Gasteiger partial charge in [-0.25, -0.2) is 4.99 Å². The summed E-state index contributed by atoms with van der Waals surface area (Å²) in [4.78, 5) is 3.77. The van der Waals surface area contributed by atoms with Gasteiger partial charge >= 0.3 is 0 Å². The Bertz CT molecular complexity index is 1780. The normalized spacial score (nSPS) is 22.7. The van der Waals surface area contributed by atoms with Crippen molar-refractivity contribution in [1.29, 1.82) is 0 Å². The number of anilines is 1. The number of benzene rings is 4. The fourth-order valence-corrected chi connectivity index (χ4v) is 7.71. The van der Waals surface area contributed by atoms with Crippen molar-refractivity contribution < 1.29 is 9.73 Å². The van der Waals surface area contributed by atoms with Gasteiger partial charge in [0, 0.05) is 50.8 Å². The molecule has 2 atom stereocenters. The molecule has 3 aliphatic rings. The molecule has 0 fully saturated rings. The third-order valence-electron chi connectivity index (χ3n) is 8.96. The predicted molar refractivity (Wildman–Crippen MR) is 153 cm³/mol. The molecule has 37 heavy (non-hydrogen) atoms. The van der Waals surface area contributed by atoms with Crippen molar-refractivity contribution in [2.45, 2.75) is 84.2 Å². The molecular formula is C34H37N2O+. The van der Waals surface area contributed by atoms with Gasteiger partial charge in [-0.2, -0.15) is 0 Å². The summed E-state index contributed by atoms with van der Waals surface area (Å²) in [6.07, 6.45) is 2.23. The second-order valence-corrected chi connectivity index (χ2v) is 13.1. The zero-order valence-electron chi connectivity index (χ0n) is 23.1. The highest BCUT2D eigenvalue weighted by atomic mass is 16.5. The Labute approximate surface area is 219 Å². The molecule has 2 unspecified atom stereocenters. The minimum Gasteiger partial charge on any atom is -0.455 e. The van der Waals surface area contributed by atoms with Gasteiger partial charge in [-0.3, -0.25) is 0 Å². The Hall–Kier alpha value is -3.33. The number of nitrogens with one attached hydrogen (secondary N) is 2. The highest BCUT2D eigenvalue weighted by Gasteiger charge is 2.34. The van der Waals surface area contributed by atoms with E-state index in [4.69, 9.17) is 4.74 Å². The van der Waals surface area contributed by atoms with E-state index in [9.17, 15) is 0 Å². The van der Waals surface area contributed by atoms with Crippen LogP contribution in [0, 0.1) is 0 Å². The van der Waals surface area contributed by atoms with E-state index >= 15 is 0 Å². The van der Waals surface area contributed by atoms with Crippen LogP contribution in [0.25, 0.3) is 27.1 Å². The van der Waals surface area contributed by atoms with Gasteiger partial charge in [0.2, 0.25) is 5.36 Å². The van der Waals surface area contributed by atoms with Crippen LogP contribution in [-0.2, 0) is 0 Å². The number of hydrogen-bond acceptors (Lipinski definition) is 2. The molecule has 7 rings (SSSR count). The van der Waals surface area contributed by atoms with Crippen molar-refractivity contribution in [2.24, 2.45) is 0 Å². The van der Waals surface area contributed by atoms with Crippen LogP contribution in [0.15, 0.2) is 48.5 Å². The van der Waals surface area contributed by atoms with Crippen molar-refractivity contribution >= 4 is 32.8 Å².